The molecule has 9 heteroatoms. The zero-order valence-corrected chi connectivity index (χ0v) is 13.7. The number of hydrogen-bond donors (Lipinski definition) is 0. The Kier molecular flexibility index (Phi) is 5.71. The zero-order valence-electron chi connectivity index (χ0n) is 12.9. The second-order valence-corrected chi connectivity index (χ2v) is 5.69. The first-order valence-corrected chi connectivity index (χ1v) is 7.58. The van der Waals surface area contributed by atoms with E-state index < -0.39 is 30.1 Å². The smallest absolute Gasteiger partial charge is 0.378 e. The van der Waals surface area contributed by atoms with Crippen LogP contribution in [0.3, 0.4) is 0 Å². The molecular weight excluding hydrogens is 349 g/mol. The number of carbonyl (C=O) groups is 2. The number of carbonyl (C=O) groups excluding carboxylic acids is 2. The Labute approximate surface area is 141 Å². The standard InChI is InChI=1S/C15H16ClF3N2O3/c1-10(22)21(9-14(23)20-4-6-24-7-5-20)13-3-2-11(16)8-12(13)15(17,18)19/h2-3,8H,4-7,9H2,1H3. The van der Waals surface area contributed by atoms with Gasteiger partial charge < -0.3 is 14.5 Å². The summed E-state index contributed by atoms with van der Waals surface area (Å²) in [5.41, 5.74) is -1.44. The van der Waals surface area contributed by atoms with E-state index in [1.165, 1.54) is 11.0 Å². The van der Waals surface area contributed by atoms with E-state index in [9.17, 15) is 22.8 Å². The number of benzene rings is 1. The van der Waals surface area contributed by atoms with Crippen LogP contribution in [0.2, 0.25) is 5.02 Å². The molecule has 0 N–H and O–H groups in total. The van der Waals surface area contributed by atoms with E-state index in [0.29, 0.717) is 26.3 Å². The molecule has 0 bridgehead atoms. The van der Waals surface area contributed by atoms with Crippen molar-refractivity contribution in [1.82, 2.24) is 4.90 Å². The summed E-state index contributed by atoms with van der Waals surface area (Å²) in [5.74, 6) is -1.10. The third-order valence-electron chi connectivity index (χ3n) is 3.59. The molecule has 2 amide bonds. The highest BCUT2D eigenvalue weighted by Crippen LogP contribution is 2.38. The summed E-state index contributed by atoms with van der Waals surface area (Å²) in [7, 11) is 0. The molecule has 0 aliphatic carbocycles. The number of rotatable bonds is 3. The van der Waals surface area contributed by atoms with Gasteiger partial charge in [0.2, 0.25) is 11.8 Å². The van der Waals surface area contributed by atoms with Gasteiger partial charge in [-0.1, -0.05) is 11.6 Å². The maximum atomic E-state index is 13.2. The maximum Gasteiger partial charge on any atom is 0.418 e. The second-order valence-electron chi connectivity index (χ2n) is 5.26. The molecule has 0 saturated carbocycles. The van der Waals surface area contributed by atoms with Crippen LogP contribution in [-0.4, -0.2) is 49.6 Å². The summed E-state index contributed by atoms with van der Waals surface area (Å²) in [6.07, 6.45) is -4.70. The van der Waals surface area contributed by atoms with Crippen LogP contribution >= 0.6 is 11.6 Å². The molecule has 1 saturated heterocycles. The Hall–Kier alpha value is -1.80. The normalized spacial score (nSPS) is 15.3. The van der Waals surface area contributed by atoms with Gasteiger partial charge in [0.05, 0.1) is 24.5 Å². The van der Waals surface area contributed by atoms with Crippen LogP contribution < -0.4 is 4.90 Å². The van der Waals surface area contributed by atoms with Crippen LogP contribution in [0, 0.1) is 0 Å². The molecule has 24 heavy (non-hydrogen) atoms. The predicted octanol–water partition coefficient (Wildman–Crippen LogP) is 2.57. The summed E-state index contributed by atoms with van der Waals surface area (Å²) < 4.78 is 44.8. The van der Waals surface area contributed by atoms with Gasteiger partial charge in [-0.15, -0.1) is 0 Å². The maximum absolute atomic E-state index is 13.2. The van der Waals surface area contributed by atoms with Crippen molar-refractivity contribution in [3.8, 4) is 0 Å². The minimum absolute atomic E-state index is 0.103. The molecule has 5 nitrogen and oxygen atoms in total. The Morgan fingerprint density at radius 3 is 2.46 bits per heavy atom. The van der Waals surface area contributed by atoms with Crippen LogP contribution in [0.5, 0.6) is 0 Å². The lowest BCUT2D eigenvalue weighted by Gasteiger charge is -2.30. The molecule has 2 rings (SSSR count). The van der Waals surface area contributed by atoms with Crippen molar-refractivity contribution < 1.29 is 27.5 Å². The van der Waals surface area contributed by atoms with Crippen molar-refractivity contribution in [2.24, 2.45) is 0 Å². The zero-order chi connectivity index (χ0) is 17.9. The topological polar surface area (TPSA) is 49.9 Å². The lowest BCUT2D eigenvalue weighted by Crippen LogP contribution is -2.47. The number of nitrogens with zero attached hydrogens (tertiary/aromatic N) is 2. The molecule has 1 fully saturated rings. The molecule has 0 unspecified atom stereocenters. The fourth-order valence-electron chi connectivity index (χ4n) is 2.38. The molecule has 1 heterocycles. The van der Waals surface area contributed by atoms with Gasteiger partial charge in [0, 0.05) is 25.0 Å². The van der Waals surface area contributed by atoms with Crippen molar-refractivity contribution >= 4 is 29.1 Å². The molecule has 1 aromatic rings. The Balaban J connectivity index is 2.31. The lowest BCUT2D eigenvalue weighted by atomic mass is 10.1. The molecule has 1 aliphatic heterocycles. The van der Waals surface area contributed by atoms with Gasteiger partial charge in [0.25, 0.3) is 0 Å². The van der Waals surface area contributed by atoms with Gasteiger partial charge in [-0.25, -0.2) is 0 Å². The van der Waals surface area contributed by atoms with Crippen LogP contribution in [0.4, 0.5) is 18.9 Å². The second kappa shape index (κ2) is 7.40. The van der Waals surface area contributed by atoms with E-state index in [1.54, 1.807) is 0 Å². The molecule has 0 aromatic heterocycles. The number of morpholine rings is 1. The first-order valence-electron chi connectivity index (χ1n) is 7.20. The number of hydrogen-bond acceptors (Lipinski definition) is 3. The van der Waals surface area contributed by atoms with Crippen LogP contribution in [0.1, 0.15) is 12.5 Å². The number of ether oxygens (including phenoxy) is 1. The first-order chi connectivity index (χ1) is 11.2. The SMILES string of the molecule is CC(=O)N(CC(=O)N1CCOCC1)c1ccc(Cl)cc1C(F)(F)F. The van der Waals surface area contributed by atoms with Gasteiger partial charge in [0.15, 0.2) is 0 Å². The third kappa shape index (κ3) is 4.39. The van der Waals surface area contributed by atoms with Crippen LogP contribution in [0.15, 0.2) is 18.2 Å². The first kappa shape index (κ1) is 18.5. The van der Waals surface area contributed by atoms with E-state index in [4.69, 9.17) is 16.3 Å². The molecule has 1 aliphatic rings. The summed E-state index contributed by atoms with van der Waals surface area (Å²) >= 11 is 5.64. The number of halogens is 4. The highest BCUT2D eigenvalue weighted by Gasteiger charge is 2.36. The monoisotopic (exact) mass is 364 g/mol. The number of alkyl halides is 3. The van der Waals surface area contributed by atoms with E-state index in [2.05, 4.69) is 0 Å². The van der Waals surface area contributed by atoms with Crippen molar-refractivity contribution in [2.75, 3.05) is 37.7 Å². The Morgan fingerprint density at radius 2 is 1.92 bits per heavy atom. The summed E-state index contributed by atoms with van der Waals surface area (Å²) in [4.78, 5) is 26.4. The van der Waals surface area contributed by atoms with E-state index in [1.807, 2.05) is 0 Å². The highest BCUT2D eigenvalue weighted by atomic mass is 35.5. The van der Waals surface area contributed by atoms with Crippen molar-refractivity contribution in [3.63, 3.8) is 0 Å². The average molecular weight is 365 g/mol. The minimum Gasteiger partial charge on any atom is -0.378 e. The number of amides is 2. The molecule has 132 valence electrons. The lowest BCUT2D eigenvalue weighted by molar-refractivity contribution is -0.138. The summed E-state index contributed by atoms with van der Waals surface area (Å²) in [6, 6.07) is 3.09. The predicted molar refractivity (Wildman–Crippen MR) is 81.9 cm³/mol. The van der Waals surface area contributed by atoms with Gasteiger partial charge in [-0.2, -0.15) is 13.2 Å². The fraction of sp³-hybridized carbons (Fsp3) is 0.467. The van der Waals surface area contributed by atoms with Gasteiger partial charge in [0.1, 0.15) is 6.54 Å². The Morgan fingerprint density at radius 1 is 1.29 bits per heavy atom. The minimum atomic E-state index is -4.70. The van der Waals surface area contributed by atoms with Crippen molar-refractivity contribution in [3.05, 3.63) is 28.8 Å². The van der Waals surface area contributed by atoms with E-state index in [-0.39, 0.29) is 10.7 Å². The van der Waals surface area contributed by atoms with Gasteiger partial charge in [-0.3, -0.25) is 9.59 Å². The molecule has 0 spiro atoms. The van der Waals surface area contributed by atoms with Gasteiger partial charge >= 0.3 is 6.18 Å². The average Bonchev–Trinajstić information content (AvgIpc) is 2.52. The van der Waals surface area contributed by atoms with Crippen LogP contribution in [0.25, 0.3) is 0 Å². The molecule has 0 radical (unpaired) electrons. The molecule has 1 aromatic carbocycles. The van der Waals surface area contributed by atoms with Crippen molar-refractivity contribution in [1.29, 1.82) is 0 Å². The van der Waals surface area contributed by atoms with E-state index >= 15 is 0 Å². The van der Waals surface area contributed by atoms with Crippen LogP contribution in [-0.2, 0) is 20.5 Å². The van der Waals surface area contributed by atoms with E-state index in [0.717, 1.165) is 24.0 Å². The molecule has 0 atom stereocenters. The van der Waals surface area contributed by atoms with Gasteiger partial charge in [-0.05, 0) is 18.2 Å². The molecular formula is C15H16ClF3N2O3. The van der Waals surface area contributed by atoms with Crippen molar-refractivity contribution in [2.45, 2.75) is 13.1 Å². The summed E-state index contributed by atoms with van der Waals surface area (Å²) in [6.45, 7) is 2.05. The summed E-state index contributed by atoms with van der Waals surface area (Å²) in [5, 5.41) is -0.103. The highest BCUT2D eigenvalue weighted by molar-refractivity contribution is 6.30. The Bertz CT molecular complexity index is 631. The largest absolute Gasteiger partial charge is 0.418 e. The third-order valence-corrected chi connectivity index (χ3v) is 3.83. The quantitative estimate of drug-likeness (QED) is 0.828. The fourth-order valence-corrected chi connectivity index (χ4v) is 2.56. The number of anilines is 1.